The van der Waals surface area contributed by atoms with Crippen LogP contribution in [0.25, 0.3) is 0 Å². The summed E-state index contributed by atoms with van der Waals surface area (Å²) >= 11 is 10.5. The molecule has 0 aliphatic carbocycles. The molecule has 0 aromatic heterocycles. The highest BCUT2D eigenvalue weighted by Gasteiger charge is 2.19. The normalized spacial score (nSPS) is 22.3. The highest BCUT2D eigenvalue weighted by atomic mass is 35.5. The van der Waals surface area contributed by atoms with Crippen LogP contribution in [0, 0.1) is 0 Å². The third-order valence-electron chi connectivity index (χ3n) is 0.763. The highest BCUT2D eigenvalue weighted by Crippen LogP contribution is 2.08. The highest BCUT2D eigenvalue weighted by molar-refractivity contribution is 6.18. The minimum absolute atomic E-state index is 0.400. The summed E-state index contributed by atoms with van der Waals surface area (Å²) in [4.78, 5) is 0. The van der Waals surface area contributed by atoms with Gasteiger partial charge in [-0.1, -0.05) is 6.92 Å². The molecule has 1 rings (SSSR count). The zero-order valence-corrected chi connectivity index (χ0v) is 7.08. The second-order valence-corrected chi connectivity index (χ2v) is 2.49. The van der Waals surface area contributed by atoms with Crippen molar-refractivity contribution in [3.05, 3.63) is 0 Å². The largest absolute Gasteiger partial charge is 0.372 e. The summed E-state index contributed by atoms with van der Waals surface area (Å²) in [5.74, 6) is 1.46. The fourth-order valence-electron chi connectivity index (χ4n) is 0.157. The minimum atomic E-state index is 0.400. The van der Waals surface area contributed by atoms with Gasteiger partial charge < -0.3 is 4.74 Å². The molecule has 1 nitrogen and oxygen atoms in total. The van der Waals surface area contributed by atoms with Crippen molar-refractivity contribution in [3.8, 4) is 0 Å². The lowest BCUT2D eigenvalue weighted by molar-refractivity contribution is 0.425. The third kappa shape index (κ3) is 8.54. The number of ether oxygens (including phenoxy) is 1. The van der Waals surface area contributed by atoms with E-state index in [-0.39, 0.29) is 0 Å². The number of rotatable bonds is 2. The molecule has 1 aliphatic rings. The molecule has 3 heteroatoms. The summed E-state index contributed by atoms with van der Waals surface area (Å²) in [5.41, 5.74) is 0. The van der Waals surface area contributed by atoms with Crippen LogP contribution in [0.3, 0.4) is 0 Å². The molecular formula is C6H12Cl2O. The zero-order chi connectivity index (χ0) is 7.11. The van der Waals surface area contributed by atoms with Crippen LogP contribution in [-0.4, -0.2) is 24.5 Å². The molecule has 1 fully saturated rings. The fraction of sp³-hybridized carbons (Fsp3) is 1.00. The van der Waals surface area contributed by atoms with E-state index >= 15 is 0 Å². The molecule has 9 heavy (non-hydrogen) atoms. The van der Waals surface area contributed by atoms with Crippen molar-refractivity contribution < 1.29 is 4.74 Å². The van der Waals surface area contributed by atoms with E-state index in [0.717, 1.165) is 18.9 Å². The Morgan fingerprint density at radius 3 is 2.00 bits per heavy atom. The quantitative estimate of drug-likeness (QED) is 0.458. The van der Waals surface area contributed by atoms with E-state index in [2.05, 4.69) is 0 Å². The Balaban J connectivity index is 0.000000148. The van der Waals surface area contributed by atoms with Gasteiger partial charge in [-0.15, -0.1) is 23.2 Å². The van der Waals surface area contributed by atoms with Crippen LogP contribution in [0.2, 0.25) is 0 Å². The third-order valence-corrected chi connectivity index (χ3v) is 1.49. The van der Waals surface area contributed by atoms with Crippen molar-refractivity contribution in [2.45, 2.75) is 19.4 Å². The average molecular weight is 171 g/mol. The molecule has 0 amide bonds. The summed E-state index contributed by atoms with van der Waals surface area (Å²) in [6.07, 6.45) is 1.48. The van der Waals surface area contributed by atoms with Crippen molar-refractivity contribution in [1.29, 1.82) is 0 Å². The Hall–Kier alpha value is 0.540. The molecule has 0 bridgehead atoms. The number of hydrogen-bond acceptors (Lipinski definition) is 1. The van der Waals surface area contributed by atoms with Gasteiger partial charge in [-0.25, -0.2) is 0 Å². The Labute approximate surface area is 66.3 Å². The first-order valence-electron chi connectivity index (χ1n) is 3.08. The van der Waals surface area contributed by atoms with Crippen LogP contribution < -0.4 is 0 Å². The van der Waals surface area contributed by atoms with Crippen LogP contribution in [0.1, 0.15) is 13.3 Å². The van der Waals surface area contributed by atoms with Crippen molar-refractivity contribution in [3.63, 3.8) is 0 Å². The van der Waals surface area contributed by atoms with Gasteiger partial charge >= 0.3 is 0 Å². The minimum Gasteiger partial charge on any atom is -0.372 e. The predicted octanol–water partition coefficient (Wildman–Crippen LogP) is 2.26. The average Bonchev–Trinajstić information content (AvgIpc) is 2.70. The molecular weight excluding hydrogens is 159 g/mol. The van der Waals surface area contributed by atoms with Crippen molar-refractivity contribution in [1.82, 2.24) is 0 Å². The van der Waals surface area contributed by atoms with Crippen LogP contribution in [0.5, 0.6) is 0 Å². The van der Waals surface area contributed by atoms with Gasteiger partial charge in [0, 0.05) is 5.88 Å². The number of alkyl halides is 2. The zero-order valence-electron chi connectivity index (χ0n) is 5.57. The van der Waals surface area contributed by atoms with Crippen LogP contribution in [-0.2, 0) is 4.74 Å². The van der Waals surface area contributed by atoms with E-state index in [4.69, 9.17) is 27.9 Å². The molecule has 1 saturated heterocycles. The topological polar surface area (TPSA) is 12.5 Å². The first-order chi connectivity index (χ1) is 4.35. The fourth-order valence-corrected chi connectivity index (χ4v) is 0.335. The molecule has 0 spiro atoms. The SMILES string of the molecule is CCCCl.ClCC1CO1. The Bertz CT molecular complexity index is 53.0. The van der Waals surface area contributed by atoms with Crippen molar-refractivity contribution in [2.75, 3.05) is 18.4 Å². The molecule has 0 saturated carbocycles. The molecule has 56 valence electrons. The van der Waals surface area contributed by atoms with Crippen LogP contribution in [0.15, 0.2) is 0 Å². The lowest BCUT2D eigenvalue weighted by Crippen LogP contribution is -1.80. The lowest BCUT2D eigenvalue weighted by Gasteiger charge is -1.67. The Kier molecular flexibility index (Phi) is 7.06. The maximum absolute atomic E-state index is 5.27. The van der Waals surface area contributed by atoms with Gasteiger partial charge in [-0.05, 0) is 6.42 Å². The lowest BCUT2D eigenvalue weighted by atomic mass is 10.6. The first-order valence-corrected chi connectivity index (χ1v) is 4.15. The van der Waals surface area contributed by atoms with Gasteiger partial charge in [0.25, 0.3) is 0 Å². The van der Waals surface area contributed by atoms with Crippen LogP contribution in [0.4, 0.5) is 0 Å². The predicted molar refractivity (Wildman–Crippen MR) is 41.5 cm³/mol. The van der Waals surface area contributed by atoms with E-state index in [1.807, 2.05) is 6.92 Å². The first kappa shape index (κ1) is 9.54. The van der Waals surface area contributed by atoms with Gasteiger partial charge in [-0.3, -0.25) is 0 Å². The standard InChI is InChI=1S/C3H5ClO.C3H7Cl/c4-1-3-2-5-3;1-2-3-4/h3H,1-2H2;2-3H2,1H3. The summed E-state index contributed by atoms with van der Waals surface area (Å²) < 4.78 is 4.73. The maximum atomic E-state index is 5.27. The Morgan fingerprint density at radius 2 is 2.00 bits per heavy atom. The van der Waals surface area contributed by atoms with Crippen molar-refractivity contribution >= 4 is 23.2 Å². The number of epoxide rings is 1. The van der Waals surface area contributed by atoms with E-state index < -0.39 is 0 Å². The second kappa shape index (κ2) is 6.66. The monoisotopic (exact) mass is 170 g/mol. The van der Waals surface area contributed by atoms with Crippen LogP contribution >= 0.6 is 23.2 Å². The molecule has 1 unspecified atom stereocenters. The Morgan fingerprint density at radius 1 is 1.56 bits per heavy atom. The molecule has 1 atom stereocenters. The van der Waals surface area contributed by atoms with E-state index in [0.29, 0.717) is 12.0 Å². The second-order valence-electron chi connectivity index (χ2n) is 1.80. The molecule has 1 aliphatic heterocycles. The molecule has 0 aromatic carbocycles. The summed E-state index contributed by atoms with van der Waals surface area (Å²) in [7, 11) is 0. The smallest absolute Gasteiger partial charge is 0.0944 e. The molecule has 0 aromatic rings. The summed E-state index contributed by atoms with van der Waals surface area (Å²) in [6.45, 7) is 2.93. The maximum Gasteiger partial charge on any atom is 0.0944 e. The van der Waals surface area contributed by atoms with E-state index in [1.165, 1.54) is 0 Å². The van der Waals surface area contributed by atoms with Gasteiger partial charge in [0.05, 0.1) is 18.6 Å². The van der Waals surface area contributed by atoms with E-state index in [9.17, 15) is 0 Å². The van der Waals surface area contributed by atoms with Gasteiger partial charge in [-0.2, -0.15) is 0 Å². The molecule has 0 radical (unpaired) electrons. The summed E-state index contributed by atoms with van der Waals surface area (Å²) in [5, 5.41) is 0. The van der Waals surface area contributed by atoms with Gasteiger partial charge in [0.15, 0.2) is 0 Å². The van der Waals surface area contributed by atoms with Gasteiger partial charge in [0.1, 0.15) is 0 Å². The molecule has 0 N–H and O–H groups in total. The van der Waals surface area contributed by atoms with E-state index in [1.54, 1.807) is 0 Å². The summed E-state index contributed by atoms with van der Waals surface area (Å²) in [6, 6.07) is 0. The number of halogens is 2. The number of hydrogen-bond donors (Lipinski definition) is 0. The van der Waals surface area contributed by atoms with Gasteiger partial charge in [0.2, 0.25) is 0 Å². The van der Waals surface area contributed by atoms with Crippen molar-refractivity contribution in [2.24, 2.45) is 0 Å². The molecule has 1 heterocycles.